The van der Waals surface area contributed by atoms with E-state index >= 15 is 0 Å². The Bertz CT molecular complexity index is 405. The molecule has 2 nitrogen and oxygen atoms in total. The van der Waals surface area contributed by atoms with Gasteiger partial charge in [0.2, 0.25) is 0 Å². The third-order valence-corrected chi connectivity index (χ3v) is 2.93. The van der Waals surface area contributed by atoms with Crippen LogP contribution in [0.4, 0.5) is 8.78 Å². The molecule has 0 aliphatic carbocycles. The lowest BCUT2D eigenvalue weighted by atomic mass is 10.0. The normalized spacial score (nSPS) is 12.8. The molecule has 0 spiro atoms. The molecule has 0 saturated heterocycles. The van der Waals surface area contributed by atoms with Gasteiger partial charge in [-0.2, -0.15) is 0 Å². The van der Waals surface area contributed by atoms with Crippen LogP contribution in [0.5, 0.6) is 0 Å². The van der Waals surface area contributed by atoms with E-state index in [1.165, 1.54) is 6.07 Å². The van der Waals surface area contributed by atoms with Gasteiger partial charge in [0, 0.05) is 0 Å². The minimum Gasteiger partial charge on any atom is -0.392 e. The maximum Gasteiger partial charge on any atom is 0.159 e. The number of hydrogen-bond acceptors (Lipinski definition) is 2. The molecule has 2 N–H and O–H groups in total. The Labute approximate surface area is 105 Å². The number of nitrogens with two attached hydrogens (primary N) is 1. The molecule has 0 amide bonds. The highest BCUT2D eigenvalue weighted by Crippen LogP contribution is 2.22. The number of hydrogen-bond donors (Lipinski definition) is 1. The monoisotopic (exact) mass is 258 g/mol. The van der Waals surface area contributed by atoms with Crippen molar-refractivity contribution in [3.63, 3.8) is 0 Å². The molecule has 0 aliphatic heterocycles. The lowest BCUT2D eigenvalue weighted by molar-refractivity contribution is 0.271. The molecule has 0 aromatic heterocycles. The quantitative estimate of drug-likeness (QED) is 0.823. The minimum absolute atomic E-state index is 0.264. The Hall–Kier alpha value is -1.07. The van der Waals surface area contributed by atoms with E-state index in [9.17, 15) is 8.78 Å². The third-order valence-electron chi connectivity index (χ3n) is 2.71. The van der Waals surface area contributed by atoms with Crippen LogP contribution < -0.4 is 5.73 Å². The van der Waals surface area contributed by atoms with Crippen LogP contribution in [-0.2, 0) is 0 Å². The Balaban J connectivity index is 3.13. The molecule has 0 saturated carbocycles. The van der Waals surface area contributed by atoms with E-state index in [4.69, 9.17) is 18.0 Å². The minimum atomic E-state index is -0.879. The Morgan fingerprint density at radius 3 is 2.29 bits per heavy atom. The van der Waals surface area contributed by atoms with Crippen LogP contribution in [0, 0.1) is 11.6 Å². The smallest absolute Gasteiger partial charge is 0.159 e. The summed E-state index contributed by atoms with van der Waals surface area (Å²) in [5.74, 6) is -1.74. The van der Waals surface area contributed by atoms with Gasteiger partial charge in [-0.1, -0.05) is 32.1 Å². The largest absolute Gasteiger partial charge is 0.392 e. The predicted molar refractivity (Wildman–Crippen MR) is 68.8 cm³/mol. The molecule has 0 fully saturated rings. The molecule has 0 aliphatic rings. The van der Waals surface area contributed by atoms with Crippen LogP contribution in [0.15, 0.2) is 18.2 Å². The molecule has 1 rings (SSSR count). The van der Waals surface area contributed by atoms with Crippen molar-refractivity contribution in [2.24, 2.45) is 5.73 Å². The maximum atomic E-state index is 13.2. The van der Waals surface area contributed by atoms with E-state index in [2.05, 4.69) is 0 Å². The zero-order chi connectivity index (χ0) is 13.0. The fraction of sp³-hybridized carbons (Fsp3) is 0.417. The molecule has 0 heterocycles. The summed E-state index contributed by atoms with van der Waals surface area (Å²) in [5.41, 5.74) is 6.27. The molecular weight excluding hydrogens is 242 g/mol. The van der Waals surface area contributed by atoms with Crippen molar-refractivity contribution in [3.8, 4) is 0 Å². The SMILES string of the molecule is CCN(CC)C(C(N)=S)c1ccc(F)c(F)c1. The highest BCUT2D eigenvalue weighted by Gasteiger charge is 2.21. The van der Waals surface area contributed by atoms with Crippen molar-refractivity contribution >= 4 is 17.2 Å². The van der Waals surface area contributed by atoms with Crippen LogP contribution in [0.3, 0.4) is 0 Å². The highest BCUT2D eigenvalue weighted by atomic mass is 32.1. The molecule has 0 bridgehead atoms. The number of benzene rings is 1. The summed E-state index contributed by atoms with van der Waals surface area (Å²) in [7, 11) is 0. The van der Waals surface area contributed by atoms with Gasteiger partial charge in [0.15, 0.2) is 11.6 Å². The second kappa shape index (κ2) is 6.02. The van der Waals surface area contributed by atoms with E-state index in [1.54, 1.807) is 0 Å². The molecular formula is C12H16F2N2S. The van der Waals surface area contributed by atoms with Crippen LogP contribution >= 0.6 is 12.2 Å². The van der Waals surface area contributed by atoms with Gasteiger partial charge in [-0.3, -0.25) is 4.90 Å². The molecule has 1 aromatic rings. The number of rotatable bonds is 5. The van der Waals surface area contributed by atoms with Crippen molar-refractivity contribution in [1.29, 1.82) is 0 Å². The number of halogens is 2. The van der Waals surface area contributed by atoms with E-state index in [1.807, 2.05) is 18.7 Å². The van der Waals surface area contributed by atoms with Crippen LogP contribution in [0.2, 0.25) is 0 Å². The van der Waals surface area contributed by atoms with E-state index in [0.29, 0.717) is 5.56 Å². The van der Waals surface area contributed by atoms with Gasteiger partial charge >= 0.3 is 0 Å². The zero-order valence-electron chi connectivity index (χ0n) is 9.91. The van der Waals surface area contributed by atoms with E-state index in [-0.39, 0.29) is 11.0 Å². The van der Waals surface area contributed by atoms with Crippen molar-refractivity contribution in [2.75, 3.05) is 13.1 Å². The lowest BCUT2D eigenvalue weighted by Crippen LogP contribution is -2.36. The zero-order valence-corrected chi connectivity index (χ0v) is 10.7. The number of nitrogens with zero attached hydrogens (tertiary/aromatic N) is 1. The average molecular weight is 258 g/mol. The third kappa shape index (κ3) is 3.20. The summed E-state index contributed by atoms with van der Waals surface area (Å²) in [6.45, 7) is 5.40. The fourth-order valence-electron chi connectivity index (χ4n) is 1.83. The molecule has 5 heteroatoms. The van der Waals surface area contributed by atoms with Crippen molar-refractivity contribution in [3.05, 3.63) is 35.4 Å². The predicted octanol–water partition coefficient (Wildman–Crippen LogP) is 2.63. The van der Waals surface area contributed by atoms with Gasteiger partial charge in [0.25, 0.3) is 0 Å². The van der Waals surface area contributed by atoms with E-state index < -0.39 is 11.6 Å². The Kier molecular flexibility index (Phi) is 4.96. The summed E-state index contributed by atoms with van der Waals surface area (Å²) in [6, 6.07) is 3.41. The molecule has 94 valence electrons. The average Bonchev–Trinajstić information content (AvgIpc) is 2.29. The topological polar surface area (TPSA) is 29.3 Å². The molecule has 17 heavy (non-hydrogen) atoms. The molecule has 1 unspecified atom stereocenters. The van der Waals surface area contributed by atoms with Crippen LogP contribution in [0.25, 0.3) is 0 Å². The number of likely N-dealkylation sites (N-methyl/N-ethyl adjacent to an activating group) is 1. The molecule has 1 aromatic carbocycles. The van der Waals surface area contributed by atoms with Crippen LogP contribution in [0.1, 0.15) is 25.5 Å². The first-order valence-electron chi connectivity index (χ1n) is 5.49. The van der Waals surface area contributed by atoms with Gasteiger partial charge < -0.3 is 5.73 Å². The van der Waals surface area contributed by atoms with Gasteiger partial charge in [-0.05, 0) is 30.8 Å². The van der Waals surface area contributed by atoms with Crippen molar-refractivity contribution < 1.29 is 8.78 Å². The Morgan fingerprint density at radius 2 is 1.88 bits per heavy atom. The molecule has 1 atom stereocenters. The summed E-state index contributed by atoms with van der Waals surface area (Å²) >= 11 is 5.00. The van der Waals surface area contributed by atoms with Gasteiger partial charge in [0.05, 0.1) is 11.0 Å². The van der Waals surface area contributed by atoms with Crippen LogP contribution in [-0.4, -0.2) is 23.0 Å². The van der Waals surface area contributed by atoms with Gasteiger partial charge in [-0.15, -0.1) is 0 Å². The second-order valence-corrected chi connectivity index (χ2v) is 4.17. The summed E-state index contributed by atoms with van der Waals surface area (Å²) in [6.07, 6.45) is 0. The first kappa shape index (κ1) is 14.0. The standard InChI is InChI=1S/C12H16F2N2S/c1-3-16(4-2)11(12(15)17)8-5-6-9(13)10(14)7-8/h5-7,11H,3-4H2,1-2H3,(H2,15,17). The molecule has 0 radical (unpaired) electrons. The highest BCUT2D eigenvalue weighted by molar-refractivity contribution is 7.80. The summed E-state index contributed by atoms with van der Waals surface area (Å²) in [5, 5.41) is 0. The van der Waals surface area contributed by atoms with Gasteiger partial charge in [0.1, 0.15) is 0 Å². The van der Waals surface area contributed by atoms with Gasteiger partial charge in [-0.25, -0.2) is 8.78 Å². The van der Waals surface area contributed by atoms with Crippen molar-refractivity contribution in [2.45, 2.75) is 19.9 Å². The lowest BCUT2D eigenvalue weighted by Gasteiger charge is -2.29. The first-order valence-corrected chi connectivity index (χ1v) is 5.90. The first-order chi connectivity index (χ1) is 8.01. The summed E-state index contributed by atoms with van der Waals surface area (Å²) in [4.78, 5) is 2.26. The summed E-state index contributed by atoms with van der Waals surface area (Å²) < 4.78 is 26.1. The Morgan fingerprint density at radius 1 is 1.29 bits per heavy atom. The van der Waals surface area contributed by atoms with E-state index in [0.717, 1.165) is 25.2 Å². The second-order valence-electron chi connectivity index (χ2n) is 3.70. The fourth-order valence-corrected chi connectivity index (χ4v) is 2.11. The maximum absolute atomic E-state index is 13.2. The van der Waals surface area contributed by atoms with Crippen molar-refractivity contribution in [1.82, 2.24) is 4.90 Å². The number of thiocarbonyl (C=S) groups is 1.